The minimum Gasteiger partial charge on any atom is -0.375 e. The van der Waals surface area contributed by atoms with E-state index in [0.717, 1.165) is 15.9 Å². The van der Waals surface area contributed by atoms with Crippen molar-refractivity contribution in [2.75, 3.05) is 11.9 Å². The number of anilines is 1. The zero-order valence-electron chi connectivity index (χ0n) is 11.4. The zero-order valence-corrected chi connectivity index (χ0v) is 13.0. The molecule has 2 rings (SSSR count). The third kappa shape index (κ3) is 2.98. The monoisotopic (exact) mass is 322 g/mol. The molecule has 1 aromatic heterocycles. The Labute approximate surface area is 122 Å². The number of halogens is 1. The lowest BCUT2D eigenvalue weighted by atomic mass is 10.1. The molecule has 0 spiro atoms. The zero-order chi connectivity index (χ0) is 14.0. The van der Waals surface area contributed by atoms with E-state index in [1.807, 2.05) is 17.8 Å². The van der Waals surface area contributed by atoms with Gasteiger partial charge in [0.15, 0.2) is 0 Å². The summed E-state index contributed by atoms with van der Waals surface area (Å²) < 4.78 is 3.14. The van der Waals surface area contributed by atoms with Gasteiger partial charge < -0.3 is 15.6 Å². The van der Waals surface area contributed by atoms with E-state index in [2.05, 4.69) is 52.2 Å². The molecule has 2 aromatic rings. The molecule has 0 aliphatic rings. The lowest BCUT2D eigenvalue weighted by molar-refractivity contribution is 0.705. The fourth-order valence-corrected chi connectivity index (χ4v) is 2.42. The van der Waals surface area contributed by atoms with Gasteiger partial charge in [0.1, 0.15) is 0 Å². The predicted octanol–water partition coefficient (Wildman–Crippen LogP) is 2.91. The van der Waals surface area contributed by atoms with Crippen molar-refractivity contribution in [1.29, 1.82) is 0 Å². The topological polar surface area (TPSA) is 55.9 Å². The summed E-state index contributed by atoms with van der Waals surface area (Å²) in [6.45, 7) is 4.70. The molecule has 1 aromatic carbocycles. The summed E-state index contributed by atoms with van der Waals surface area (Å²) in [5.41, 5.74) is 10.5. The van der Waals surface area contributed by atoms with Crippen LogP contribution in [-0.4, -0.2) is 16.1 Å². The Balaban J connectivity index is 2.27. The van der Waals surface area contributed by atoms with Crippen LogP contribution in [0.5, 0.6) is 0 Å². The van der Waals surface area contributed by atoms with Gasteiger partial charge in [0.2, 0.25) is 0 Å². The Morgan fingerprint density at radius 2 is 2.00 bits per heavy atom. The van der Waals surface area contributed by atoms with E-state index in [0.29, 0.717) is 6.54 Å². The first-order chi connectivity index (χ1) is 9.02. The van der Waals surface area contributed by atoms with Gasteiger partial charge in [0.25, 0.3) is 0 Å². The molecule has 0 bridgehead atoms. The molecular formula is C14H19BrN4. The second-order valence-corrected chi connectivity index (χ2v) is 5.58. The van der Waals surface area contributed by atoms with Gasteiger partial charge in [-0.05, 0) is 37.1 Å². The van der Waals surface area contributed by atoms with Crippen LogP contribution in [0.1, 0.15) is 22.9 Å². The molecule has 4 nitrogen and oxygen atoms in total. The molecule has 5 heteroatoms. The van der Waals surface area contributed by atoms with E-state index in [1.165, 1.54) is 11.1 Å². The van der Waals surface area contributed by atoms with Gasteiger partial charge >= 0.3 is 0 Å². The number of nitrogens with one attached hydrogen (secondary N) is 1. The third-order valence-corrected chi connectivity index (χ3v) is 4.47. The van der Waals surface area contributed by atoms with Crippen molar-refractivity contribution in [3.63, 3.8) is 0 Å². The number of hydrogen-bond acceptors (Lipinski definition) is 3. The number of benzene rings is 1. The van der Waals surface area contributed by atoms with Crippen LogP contribution < -0.4 is 11.1 Å². The molecule has 0 amide bonds. The molecular weight excluding hydrogens is 304 g/mol. The highest BCUT2D eigenvalue weighted by atomic mass is 79.9. The molecule has 1 atom stereocenters. The highest BCUT2D eigenvalue weighted by Crippen LogP contribution is 2.27. The van der Waals surface area contributed by atoms with E-state index < -0.39 is 0 Å². The highest BCUT2D eigenvalue weighted by Gasteiger charge is 2.13. The molecule has 0 aliphatic heterocycles. The number of nitrogens with zero attached hydrogens (tertiary/aromatic N) is 2. The first-order valence-electron chi connectivity index (χ1n) is 6.22. The summed E-state index contributed by atoms with van der Waals surface area (Å²) in [6.07, 6.45) is 3.64. The van der Waals surface area contributed by atoms with Crippen molar-refractivity contribution in [3.8, 4) is 0 Å². The van der Waals surface area contributed by atoms with Crippen LogP contribution in [-0.2, 0) is 7.05 Å². The molecule has 3 N–H and O–H groups in total. The molecule has 0 aliphatic carbocycles. The molecule has 19 heavy (non-hydrogen) atoms. The van der Waals surface area contributed by atoms with E-state index >= 15 is 0 Å². The van der Waals surface area contributed by atoms with Gasteiger partial charge in [-0.15, -0.1) is 0 Å². The van der Waals surface area contributed by atoms with Crippen molar-refractivity contribution in [3.05, 3.63) is 46.0 Å². The summed E-state index contributed by atoms with van der Waals surface area (Å²) in [4.78, 5) is 4.14. The first-order valence-corrected chi connectivity index (χ1v) is 7.01. The molecule has 0 saturated carbocycles. The summed E-state index contributed by atoms with van der Waals surface area (Å²) >= 11 is 3.58. The van der Waals surface area contributed by atoms with E-state index in [9.17, 15) is 0 Å². The van der Waals surface area contributed by atoms with Gasteiger partial charge in [-0.3, -0.25) is 0 Å². The molecule has 102 valence electrons. The van der Waals surface area contributed by atoms with Crippen LogP contribution in [0.15, 0.2) is 29.1 Å². The smallest absolute Gasteiger partial charge is 0.0946 e. The number of aromatic nitrogens is 2. The Bertz CT molecular complexity index is 554. The Morgan fingerprint density at radius 3 is 2.47 bits per heavy atom. The average molecular weight is 323 g/mol. The standard InChI is InChI=1S/C14H19BrN4/c1-9-4-11(5-10(2)14(9)15)18-12(6-16)13-7-17-8-19(13)3/h4-5,7-8,12,18H,6,16H2,1-3H3. The fraction of sp³-hybridized carbons (Fsp3) is 0.357. The van der Waals surface area contributed by atoms with Crippen LogP contribution in [0.2, 0.25) is 0 Å². The summed E-state index contributed by atoms with van der Waals surface area (Å²) in [5.74, 6) is 0. The molecule has 1 heterocycles. The molecule has 0 saturated heterocycles. The van der Waals surface area contributed by atoms with Crippen LogP contribution in [0, 0.1) is 13.8 Å². The van der Waals surface area contributed by atoms with Gasteiger partial charge in [-0.1, -0.05) is 15.9 Å². The second kappa shape index (κ2) is 5.75. The van der Waals surface area contributed by atoms with Crippen molar-refractivity contribution >= 4 is 21.6 Å². The van der Waals surface area contributed by atoms with Crippen LogP contribution in [0.4, 0.5) is 5.69 Å². The van der Waals surface area contributed by atoms with E-state index in [-0.39, 0.29) is 6.04 Å². The Kier molecular flexibility index (Phi) is 4.27. The quantitative estimate of drug-likeness (QED) is 0.910. The van der Waals surface area contributed by atoms with Crippen LogP contribution >= 0.6 is 15.9 Å². The van der Waals surface area contributed by atoms with E-state index in [4.69, 9.17) is 5.73 Å². The molecule has 0 fully saturated rings. The van der Waals surface area contributed by atoms with Crippen molar-refractivity contribution in [1.82, 2.24) is 9.55 Å². The number of nitrogens with two attached hydrogens (primary N) is 1. The largest absolute Gasteiger partial charge is 0.375 e. The van der Waals surface area contributed by atoms with Crippen molar-refractivity contribution in [2.24, 2.45) is 12.8 Å². The highest BCUT2D eigenvalue weighted by molar-refractivity contribution is 9.10. The number of hydrogen-bond donors (Lipinski definition) is 2. The predicted molar refractivity (Wildman–Crippen MR) is 82.2 cm³/mol. The maximum atomic E-state index is 5.87. The molecule has 0 radical (unpaired) electrons. The average Bonchev–Trinajstić information content (AvgIpc) is 2.79. The maximum absolute atomic E-state index is 5.87. The van der Waals surface area contributed by atoms with Crippen LogP contribution in [0.25, 0.3) is 0 Å². The van der Waals surface area contributed by atoms with Crippen LogP contribution in [0.3, 0.4) is 0 Å². The Morgan fingerprint density at radius 1 is 1.37 bits per heavy atom. The molecule has 1 unspecified atom stereocenters. The van der Waals surface area contributed by atoms with E-state index in [1.54, 1.807) is 6.33 Å². The Hall–Kier alpha value is -1.33. The normalized spacial score (nSPS) is 12.5. The lowest BCUT2D eigenvalue weighted by Crippen LogP contribution is -2.22. The summed E-state index contributed by atoms with van der Waals surface area (Å²) in [7, 11) is 1.98. The third-order valence-electron chi connectivity index (χ3n) is 3.22. The van der Waals surface area contributed by atoms with Gasteiger partial charge in [-0.25, -0.2) is 4.98 Å². The fourth-order valence-electron chi connectivity index (χ4n) is 2.19. The summed E-state index contributed by atoms with van der Waals surface area (Å²) in [5, 5.41) is 3.47. The van der Waals surface area contributed by atoms with Gasteiger partial charge in [0, 0.05) is 23.8 Å². The number of imidazole rings is 1. The number of aryl methyl sites for hydroxylation is 3. The van der Waals surface area contributed by atoms with Crippen molar-refractivity contribution in [2.45, 2.75) is 19.9 Å². The lowest BCUT2D eigenvalue weighted by Gasteiger charge is -2.19. The van der Waals surface area contributed by atoms with Gasteiger partial charge in [-0.2, -0.15) is 0 Å². The summed E-state index contributed by atoms with van der Waals surface area (Å²) in [6, 6.07) is 4.30. The second-order valence-electron chi connectivity index (χ2n) is 4.79. The minimum absolute atomic E-state index is 0.0625. The first kappa shape index (κ1) is 14.1. The maximum Gasteiger partial charge on any atom is 0.0946 e. The number of rotatable bonds is 4. The van der Waals surface area contributed by atoms with Crippen molar-refractivity contribution < 1.29 is 0 Å². The SMILES string of the molecule is Cc1cc(NC(CN)c2cncn2C)cc(C)c1Br. The van der Waals surface area contributed by atoms with Gasteiger partial charge in [0.05, 0.1) is 24.3 Å². The minimum atomic E-state index is 0.0625.